The fourth-order valence-corrected chi connectivity index (χ4v) is 3.60. The van der Waals surface area contributed by atoms with Crippen molar-refractivity contribution in [2.75, 3.05) is 5.32 Å². The number of hydrogen-bond acceptors (Lipinski definition) is 6. The lowest BCUT2D eigenvalue weighted by Gasteiger charge is -1.98. The number of nitrogens with zero attached hydrogens (tertiary/aromatic N) is 3. The van der Waals surface area contributed by atoms with Gasteiger partial charge in [0.25, 0.3) is 5.91 Å². The first kappa shape index (κ1) is 13.2. The van der Waals surface area contributed by atoms with Crippen LogP contribution in [0.5, 0.6) is 0 Å². The number of carbonyl (C=O) groups excluding carboxylic acids is 1. The van der Waals surface area contributed by atoms with Crippen molar-refractivity contribution in [2.45, 2.75) is 0 Å². The normalized spacial score (nSPS) is 11.1. The highest BCUT2D eigenvalue weighted by Gasteiger charge is 2.13. The second kappa shape index (κ2) is 5.08. The maximum absolute atomic E-state index is 13.3. The molecular formula is C14H7FN4OS2. The van der Waals surface area contributed by atoms with Crippen LogP contribution in [0.4, 0.5) is 9.52 Å². The zero-order chi connectivity index (χ0) is 15.1. The highest BCUT2D eigenvalue weighted by Crippen LogP contribution is 2.33. The van der Waals surface area contributed by atoms with Gasteiger partial charge in [-0.1, -0.05) is 28.7 Å². The monoisotopic (exact) mass is 330 g/mol. The quantitative estimate of drug-likeness (QED) is 0.608. The molecule has 22 heavy (non-hydrogen) atoms. The largest absolute Gasteiger partial charge is 0.296 e. The summed E-state index contributed by atoms with van der Waals surface area (Å²) < 4.78 is 14.2. The zero-order valence-electron chi connectivity index (χ0n) is 10.9. The SMILES string of the molecule is O=C(Nc1nc2ccc3cc(F)ccc3c2s1)c1nncs1. The molecule has 5 nitrogen and oxygen atoms in total. The fourth-order valence-electron chi connectivity index (χ4n) is 2.16. The van der Waals surface area contributed by atoms with Gasteiger partial charge in [-0.3, -0.25) is 10.1 Å². The molecule has 0 saturated carbocycles. The minimum Gasteiger partial charge on any atom is -0.296 e. The van der Waals surface area contributed by atoms with E-state index < -0.39 is 0 Å². The van der Waals surface area contributed by atoms with Crippen molar-refractivity contribution in [2.24, 2.45) is 0 Å². The molecule has 0 aliphatic carbocycles. The van der Waals surface area contributed by atoms with Gasteiger partial charge in [0.15, 0.2) is 5.13 Å². The highest BCUT2D eigenvalue weighted by atomic mass is 32.1. The van der Waals surface area contributed by atoms with Gasteiger partial charge in [0.2, 0.25) is 5.01 Å². The van der Waals surface area contributed by atoms with Gasteiger partial charge < -0.3 is 0 Å². The average molecular weight is 330 g/mol. The second-order valence-electron chi connectivity index (χ2n) is 4.50. The van der Waals surface area contributed by atoms with Gasteiger partial charge in [0.1, 0.15) is 11.3 Å². The van der Waals surface area contributed by atoms with Crippen LogP contribution >= 0.6 is 22.7 Å². The van der Waals surface area contributed by atoms with E-state index in [2.05, 4.69) is 20.5 Å². The van der Waals surface area contributed by atoms with Crippen LogP contribution in [0.1, 0.15) is 9.80 Å². The number of nitrogens with one attached hydrogen (secondary N) is 1. The van der Waals surface area contributed by atoms with Crippen LogP contribution < -0.4 is 5.32 Å². The molecule has 0 aliphatic rings. The maximum atomic E-state index is 13.3. The van der Waals surface area contributed by atoms with Crippen molar-refractivity contribution < 1.29 is 9.18 Å². The molecule has 2 heterocycles. The first-order valence-electron chi connectivity index (χ1n) is 6.27. The molecule has 0 spiro atoms. The van der Waals surface area contributed by atoms with Crippen molar-refractivity contribution in [1.29, 1.82) is 0 Å². The standard InChI is InChI=1S/C14H7FN4OS2/c15-8-2-3-9-7(5-8)1-4-10-11(9)22-14(17-10)18-12(20)13-19-16-6-21-13/h1-6H,(H,17,18,20). The number of carbonyl (C=O) groups is 1. The number of aromatic nitrogens is 3. The Hall–Kier alpha value is -2.45. The Balaban J connectivity index is 1.77. The Bertz CT molecular complexity index is 997. The van der Waals surface area contributed by atoms with Gasteiger partial charge in [-0.05, 0) is 29.7 Å². The molecule has 0 unspecified atom stereocenters. The summed E-state index contributed by atoms with van der Waals surface area (Å²) in [6.45, 7) is 0. The molecule has 108 valence electrons. The number of halogens is 1. The number of hydrogen-bond donors (Lipinski definition) is 1. The number of rotatable bonds is 2. The molecule has 2 aromatic heterocycles. The molecule has 8 heteroatoms. The van der Waals surface area contributed by atoms with E-state index in [-0.39, 0.29) is 16.7 Å². The first-order chi connectivity index (χ1) is 10.7. The smallest absolute Gasteiger partial charge is 0.288 e. The molecule has 0 atom stereocenters. The lowest BCUT2D eigenvalue weighted by Crippen LogP contribution is -2.11. The predicted octanol–water partition coefficient (Wildman–Crippen LogP) is 3.69. The molecule has 0 saturated heterocycles. The van der Waals surface area contributed by atoms with Gasteiger partial charge in [-0.25, -0.2) is 9.37 Å². The number of benzene rings is 2. The Kier molecular flexibility index (Phi) is 3.05. The number of anilines is 1. The highest BCUT2D eigenvalue weighted by molar-refractivity contribution is 7.23. The predicted molar refractivity (Wildman–Crippen MR) is 84.9 cm³/mol. The van der Waals surface area contributed by atoms with Gasteiger partial charge in [0, 0.05) is 5.39 Å². The molecule has 4 rings (SSSR count). The zero-order valence-corrected chi connectivity index (χ0v) is 12.5. The molecule has 0 radical (unpaired) electrons. The molecule has 1 N–H and O–H groups in total. The molecule has 0 fully saturated rings. The molecule has 0 bridgehead atoms. The average Bonchev–Trinajstić information content (AvgIpc) is 3.15. The van der Waals surface area contributed by atoms with Crippen molar-refractivity contribution >= 4 is 54.7 Å². The third-order valence-corrected chi connectivity index (χ3v) is 4.82. The molecule has 0 aliphatic heterocycles. The Morgan fingerprint density at radius 1 is 1.23 bits per heavy atom. The Morgan fingerprint density at radius 3 is 2.95 bits per heavy atom. The van der Waals surface area contributed by atoms with Crippen LogP contribution in [0.3, 0.4) is 0 Å². The van der Waals surface area contributed by atoms with Gasteiger partial charge in [-0.2, -0.15) is 0 Å². The summed E-state index contributed by atoms with van der Waals surface area (Å²) in [5.74, 6) is -0.613. The molecule has 2 aromatic carbocycles. The van der Waals surface area contributed by atoms with E-state index in [0.29, 0.717) is 5.13 Å². The van der Waals surface area contributed by atoms with Crippen LogP contribution in [0.15, 0.2) is 35.8 Å². The first-order valence-corrected chi connectivity index (χ1v) is 7.97. The number of thiazole rings is 1. The summed E-state index contributed by atoms with van der Waals surface area (Å²) >= 11 is 2.51. The molecule has 1 amide bonds. The molecular weight excluding hydrogens is 323 g/mol. The summed E-state index contributed by atoms with van der Waals surface area (Å²) in [4.78, 5) is 16.4. The summed E-state index contributed by atoms with van der Waals surface area (Å²) in [6.07, 6.45) is 0. The lowest BCUT2D eigenvalue weighted by atomic mass is 10.1. The van der Waals surface area contributed by atoms with Crippen LogP contribution in [0.25, 0.3) is 21.0 Å². The van der Waals surface area contributed by atoms with Crippen LogP contribution in [0, 0.1) is 5.82 Å². The number of fused-ring (bicyclic) bond motifs is 3. The van der Waals surface area contributed by atoms with Crippen molar-refractivity contribution in [3.05, 3.63) is 46.7 Å². The van der Waals surface area contributed by atoms with Gasteiger partial charge in [-0.15, -0.1) is 10.2 Å². The summed E-state index contributed by atoms with van der Waals surface area (Å²) in [5.41, 5.74) is 2.26. The van der Waals surface area contributed by atoms with E-state index >= 15 is 0 Å². The van der Waals surface area contributed by atoms with E-state index in [1.807, 2.05) is 12.1 Å². The third-order valence-electron chi connectivity index (χ3n) is 3.11. The number of amides is 1. The van der Waals surface area contributed by atoms with E-state index in [4.69, 9.17) is 0 Å². The van der Waals surface area contributed by atoms with Crippen molar-refractivity contribution in [1.82, 2.24) is 15.2 Å². The van der Waals surface area contributed by atoms with E-state index in [0.717, 1.165) is 32.3 Å². The summed E-state index contributed by atoms with van der Waals surface area (Å²) in [5, 5.41) is 12.5. The fraction of sp³-hybridized carbons (Fsp3) is 0. The van der Waals surface area contributed by atoms with Crippen LogP contribution in [-0.2, 0) is 0 Å². The minimum atomic E-state index is -0.336. The Labute approximate surface area is 131 Å². The van der Waals surface area contributed by atoms with Crippen LogP contribution in [0.2, 0.25) is 0 Å². The van der Waals surface area contributed by atoms with Crippen molar-refractivity contribution in [3.8, 4) is 0 Å². The summed E-state index contributed by atoms with van der Waals surface area (Å²) in [7, 11) is 0. The van der Waals surface area contributed by atoms with Crippen LogP contribution in [-0.4, -0.2) is 21.1 Å². The Morgan fingerprint density at radius 2 is 2.14 bits per heavy atom. The van der Waals surface area contributed by atoms with Crippen molar-refractivity contribution in [3.63, 3.8) is 0 Å². The minimum absolute atomic E-state index is 0.277. The van der Waals surface area contributed by atoms with Gasteiger partial charge in [0.05, 0.1) is 10.2 Å². The molecule has 4 aromatic rings. The van der Waals surface area contributed by atoms with E-state index in [1.165, 1.54) is 29.0 Å². The third kappa shape index (κ3) is 2.22. The second-order valence-corrected chi connectivity index (χ2v) is 6.33. The summed E-state index contributed by atoms with van der Waals surface area (Å²) in [6, 6.07) is 8.25. The maximum Gasteiger partial charge on any atom is 0.288 e. The lowest BCUT2D eigenvalue weighted by molar-refractivity contribution is 0.102. The van der Waals surface area contributed by atoms with E-state index in [9.17, 15) is 9.18 Å². The van der Waals surface area contributed by atoms with E-state index in [1.54, 1.807) is 6.07 Å². The van der Waals surface area contributed by atoms with Gasteiger partial charge >= 0.3 is 0 Å². The topological polar surface area (TPSA) is 67.8 Å².